The minimum atomic E-state index is -0.295. The van der Waals surface area contributed by atoms with Crippen LogP contribution in [0.25, 0.3) is 33.3 Å². The Labute approximate surface area is 218 Å². The molecule has 8 nitrogen and oxygen atoms in total. The number of hydrogen-bond donors (Lipinski definition) is 2. The number of anilines is 1. The number of pyridine rings is 3. The van der Waals surface area contributed by atoms with Crippen molar-refractivity contribution in [3.63, 3.8) is 0 Å². The number of aromatic amines is 1. The van der Waals surface area contributed by atoms with Crippen LogP contribution >= 0.6 is 0 Å². The van der Waals surface area contributed by atoms with Crippen molar-refractivity contribution in [3.8, 4) is 22.3 Å². The van der Waals surface area contributed by atoms with E-state index in [0.29, 0.717) is 18.1 Å². The molecule has 38 heavy (non-hydrogen) atoms. The van der Waals surface area contributed by atoms with Crippen LogP contribution in [-0.4, -0.2) is 43.1 Å². The van der Waals surface area contributed by atoms with E-state index >= 15 is 0 Å². The van der Waals surface area contributed by atoms with Crippen LogP contribution in [0.2, 0.25) is 0 Å². The fourth-order valence-corrected chi connectivity index (χ4v) is 4.45. The average Bonchev–Trinajstić information content (AvgIpc) is 3.37. The highest BCUT2D eigenvalue weighted by Gasteiger charge is 2.22. The number of amides is 1. The summed E-state index contributed by atoms with van der Waals surface area (Å²) in [5, 5.41) is 2.90. The van der Waals surface area contributed by atoms with E-state index in [2.05, 4.69) is 20.3 Å². The van der Waals surface area contributed by atoms with Gasteiger partial charge in [-0.15, -0.1) is 0 Å². The summed E-state index contributed by atoms with van der Waals surface area (Å²) in [6.07, 6.45) is 9.38. The van der Waals surface area contributed by atoms with Crippen LogP contribution in [0.3, 0.4) is 0 Å². The number of halogens is 1. The first-order chi connectivity index (χ1) is 18.5. The van der Waals surface area contributed by atoms with E-state index in [0.717, 1.165) is 56.7 Å². The highest BCUT2D eigenvalue weighted by Crippen LogP contribution is 2.30. The minimum Gasteiger partial charge on any atom is -0.335 e. The standard InChI is InChI=1S/C29H24FN7O/c1-16(2)29(38)35-21-9-18(11-31-13-21)19-10-22-24(34-12-19)7-8-33-27(22)28-36-25-15-32-14-23(26(25)37-28)17-3-5-20(30)6-4-17/h3-6,9-16H,7-8H2,1-2H3,(H,35,38)(H,36,37). The molecule has 1 amide bonds. The maximum atomic E-state index is 13.5. The second-order valence-corrected chi connectivity index (χ2v) is 9.48. The number of aromatic nitrogens is 5. The average molecular weight is 506 g/mol. The maximum Gasteiger partial charge on any atom is 0.226 e. The second kappa shape index (κ2) is 9.59. The van der Waals surface area contributed by atoms with E-state index < -0.39 is 0 Å². The highest BCUT2D eigenvalue weighted by molar-refractivity contribution is 6.14. The van der Waals surface area contributed by atoms with Gasteiger partial charge >= 0.3 is 0 Å². The summed E-state index contributed by atoms with van der Waals surface area (Å²) in [6, 6.07) is 10.2. The molecule has 4 aromatic heterocycles. The van der Waals surface area contributed by atoms with Gasteiger partial charge in [-0.05, 0) is 29.8 Å². The predicted octanol–water partition coefficient (Wildman–Crippen LogP) is 5.21. The lowest BCUT2D eigenvalue weighted by Crippen LogP contribution is -2.18. The molecule has 1 aliphatic rings. The molecule has 5 heterocycles. The van der Waals surface area contributed by atoms with Crippen molar-refractivity contribution in [3.05, 3.63) is 90.3 Å². The van der Waals surface area contributed by atoms with Gasteiger partial charge in [-0.1, -0.05) is 26.0 Å². The monoisotopic (exact) mass is 505 g/mol. The Morgan fingerprint density at radius 3 is 2.55 bits per heavy atom. The molecule has 0 saturated heterocycles. The van der Waals surface area contributed by atoms with Crippen LogP contribution in [0.15, 0.2) is 72.4 Å². The van der Waals surface area contributed by atoms with Gasteiger partial charge in [0.1, 0.15) is 11.5 Å². The Morgan fingerprint density at radius 2 is 1.74 bits per heavy atom. The lowest BCUT2D eigenvalue weighted by Gasteiger charge is -2.16. The summed E-state index contributed by atoms with van der Waals surface area (Å²) >= 11 is 0. The second-order valence-electron chi connectivity index (χ2n) is 9.48. The highest BCUT2D eigenvalue weighted by atomic mass is 19.1. The third-order valence-corrected chi connectivity index (χ3v) is 6.48. The molecule has 1 aliphatic heterocycles. The molecule has 0 radical (unpaired) electrons. The van der Waals surface area contributed by atoms with Gasteiger partial charge in [-0.3, -0.25) is 24.7 Å². The lowest BCUT2D eigenvalue weighted by atomic mass is 9.98. The van der Waals surface area contributed by atoms with E-state index in [1.807, 2.05) is 32.2 Å². The summed E-state index contributed by atoms with van der Waals surface area (Å²) in [4.78, 5) is 38.6. The van der Waals surface area contributed by atoms with Gasteiger partial charge in [0.2, 0.25) is 5.91 Å². The smallest absolute Gasteiger partial charge is 0.226 e. The predicted molar refractivity (Wildman–Crippen MR) is 144 cm³/mol. The number of rotatable bonds is 5. The zero-order valence-corrected chi connectivity index (χ0v) is 20.9. The van der Waals surface area contributed by atoms with Crippen molar-refractivity contribution in [1.82, 2.24) is 24.9 Å². The van der Waals surface area contributed by atoms with Gasteiger partial charge in [0.25, 0.3) is 0 Å². The quantitative estimate of drug-likeness (QED) is 0.341. The van der Waals surface area contributed by atoms with E-state index in [1.54, 1.807) is 36.9 Å². The Hall–Kier alpha value is -4.79. The SMILES string of the molecule is CC(C)C(=O)Nc1cncc(-c2cnc3c(c2)C(c2nc4c(-c5ccc(F)cc5)cncc4[nH]2)=NCC3)c1. The molecule has 6 rings (SSSR count). The molecular formula is C29H24FN7O. The fraction of sp³-hybridized carbons (Fsp3) is 0.172. The van der Waals surface area contributed by atoms with Crippen LogP contribution in [0.5, 0.6) is 0 Å². The number of aliphatic imine (C=N–C) groups is 1. The lowest BCUT2D eigenvalue weighted by molar-refractivity contribution is -0.118. The van der Waals surface area contributed by atoms with Crippen LogP contribution in [0, 0.1) is 11.7 Å². The number of fused-ring (bicyclic) bond motifs is 2. The number of H-pyrrole nitrogens is 1. The maximum absolute atomic E-state index is 13.5. The summed E-state index contributed by atoms with van der Waals surface area (Å²) in [5.74, 6) is 0.121. The van der Waals surface area contributed by atoms with Gasteiger partial charge in [0.05, 0.1) is 34.8 Å². The Bertz CT molecular complexity index is 1710. The molecule has 1 aromatic carbocycles. The van der Waals surface area contributed by atoms with Crippen molar-refractivity contribution in [2.45, 2.75) is 20.3 Å². The van der Waals surface area contributed by atoms with E-state index in [-0.39, 0.29) is 17.6 Å². The van der Waals surface area contributed by atoms with Gasteiger partial charge < -0.3 is 10.3 Å². The number of hydrogen-bond acceptors (Lipinski definition) is 6. The molecule has 9 heteroatoms. The molecule has 188 valence electrons. The van der Waals surface area contributed by atoms with Gasteiger partial charge in [-0.25, -0.2) is 9.37 Å². The number of carbonyl (C=O) groups is 1. The molecule has 0 atom stereocenters. The number of benzene rings is 1. The van der Waals surface area contributed by atoms with Gasteiger partial charge in [0.15, 0.2) is 5.82 Å². The van der Waals surface area contributed by atoms with Crippen molar-refractivity contribution in [2.24, 2.45) is 10.9 Å². The Kier molecular flexibility index (Phi) is 5.95. The van der Waals surface area contributed by atoms with Crippen molar-refractivity contribution < 1.29 is 9.18 Å². The molecule has 0 spiro atoms. The third kappa shape index (κ3) is 4.43. The van der Waals surface area contributed by atoms with E-state index in [1.165, 1.54) is 12.1 Å². The van der Waals surface area contributed by atoms with Gasteiger partial charge in [0, 0.05) is 59.7 Å². The van der Waals surface area contributed by atoms with Gasteiger partial charge in [-0.2, -0.15) is 0 Å². The zero-order valence-electron chi connectivity index (χ0n) is 20.9. The van der Waals surface area contributed by atoms with E-state index in [9.17, 15) is 9.18 Å². The number of nitrogens with zero attached hydrogens (tertiary/aromatic N) is 5. The first-order valence-electron chi connectivity index (χ1n) is 12.4. The van der Waals surface area contributed by atoms with Crippen molar-refractivity contribution in [2.75, 3.05) is 11.9 Å². The largest absolute Gasteiger partial charge is 0.335 e. The first kappa shape index (κ1) is 23.6. The molecular weight excluding hydrogens is 481 g/mol. The molecule has 0 aliphatic carbocycles. The molecule has 0 unspecified atom stereocenters. The van der Waals surface area contributed by atoms with Crippen LogP contribution < -0.4 is 5.32 Å². The van der Waals surface area contributed by atoms with E-state index in [4.69, 9.17) is 15.0 Å². The van der Waals surface area contributed by atoms with Crippen molar-refractivity contribution in [1.29, 1.82) is 0 Å². The third-order valence-electron chi connectivity index (χ3n) is 6.48. The van der Waals surface area contributed by atoms with Crippen molar-refractivity contribution >= 4 is 28.3 Å². The molecule has 2 N–H and O–H groups in total. The molecule has 0 bridgehead atoms. The topological polar surface area (TPSA) is 109 Å². The number of imidazole rings is 1. The van der Waals surface area contributed by atoms with Crippen LogP contribution in [0.1, 0.15) is 30.9 Å². The zero-order chi connectivity index (χ0) is 26.2. The first-order valence-corrected chi connectivity index (χ1v) is 12.4. The normalized spacial score (nSPS) is 12.9. The molecule has 5 aromatic rings. The number of carbonyl (C=O) groups excluding carboxylic acids is 1. The summed E-state index contributed by atoms with van der Waals surface area (Å²) < 4.78 is 13.5. The molecule has 0 saturated carbocycles. The minimum absolute atomic E-state index is 0.0682. The Morgan fingerprint density at radius 1 is 0.947 bits per heavy atom. The van der Waals surface area contributed by atoms with Crippen LogP contribution in [0.4, 0.5) is 10.1 Å². The fourth-order valence-electron chi connectivity index (χ4n) is 4.45. The Balaban J connectivity index is 1.38. The number of nitrogens with one attached hydrogen (secondary N) is 2. The summed E-state index contributed by atoms with van der Waals surface area (Å²) in [6.45, 7) is 4.29. The summed E-state index contributed by atoms with van der Waals surface area (Å²) in [5.41, 5.74) is 8.00. The van der Waals surface area contributed by atoms with Crippen LogP contribution in [-0.2, 0) is 11.2 Å². The summed E-state index contributed by atoms with van der Waals surface area (Å²) in [7, 11) is 0. The molecule has 0 fully saturated rings.